The fraction of sp³-hybridized carbons (Fsp3) is 0.600. The second-order valence-electron chi connectivity index (χ2n) is 5.95. The number of rotatable bonds is 1. The van der Waals surface area contributed by atoms with E-state index >= 15 is 0 Å². The Labute approximate surface area is 114 Å². The average molecular weight is 262 g/mol. The Kier molecular flexibility index (Phi) is 3.78. The van der Waals surface area contributed by atoms with Crippen molar-refractivity contribution in [1.82, 2.24) is 9.88 Å². The molecule has 2 rings (SSSR count). The summed E-state index contributed by atoms with van der Waals surface area (Å²) in [4.78, 5) is 18.1. The first-order chi connectivity index (χ1) is 8.91. The molecule has 4 heteroatoms. The molecule has 4 nitrogen and oxygen atoms in total. The zero-order valence-electron chi connectivity index (χ0n) is 12.2. The molecule has 0 saturated carbocycles. The Balaban J connectivity index is 2.21. The molecule has 0 fully saturated rings. The number of nitrogens with zero attached hydrogens (tertiary/aromatic N) is 2. The predicted molar refractivity (Wildman–Crippen MR) is 74.1 cm³/mol. The van der Waals surface area contributed by atoms with Crippen LogP contribution in [0.5, 0.6) is 0 Å². The Morgan fingerprint density at radius 1 is 1.47 bits per heavy atom. The van der Waals surface area contributed by atoms with Gasteiger partial charge < -0.3 is 9.64 Å². The fourth-order valence-corrected chi connectivity index (χ4v) is 2.21. The number of ether oxygens (including phenoxy) is 1. The zero-order chi connectivity index (χ0) is 14.0. The van der Waals surface area contributed by atoms with Gasteiger partial charge in [0.2, 0.25) is 0 Å². The van der Waals surface area contributed by atoms with E-state index in [9.17, 15) is 4.79 Å². The highest BCUT2D eigenvalue weighted by Gasteiger charge is 2.24. The van der Waals surface area contributed by atoms with Gasteiger partial charge in [-0.1, -0.05) is 26.8 Å². The second-order valence-corrected chi connectivity index (χ2v) is 5.95. The highest BCUT2D eigenvalue weighted by Crippen LogP contribution is 2.26. The maximum absolute atomic E-state index is 11.8. The summed E-state index contributed by atoms with van der Waals surface area (Å²) in [5, 5.41) is 0. The van der Waals surface area contributed by atoms with Gasteiger partial charge in [0.1, 0.15) is 0 Å². The highest BCUT2D eigenvalue weighted by atomic mass is 16.6. The Morgan fingerprint density at radius 2 is 2.21 bits per heavy atom. The lowest BCUT2D eigenvalue weighted by molar-refractivity contribution is 0.102. The lowest BCUT2D eigenvalue weighted by Gasteiger charge is -2.29. The third kappa shape index (κ3) is 3.06. The van der Waals surface area contributed by atoms with Crippen LogP contribution in [0.25, 0.3) is 0 Å². The van der Waals surface area contributed by atoms with E-state index in [-0.39, 0.29) is 11.5 Å². The second kappa shape index (κ2) is 5.19. The van der Waals surface area contributed by atoms with Crippen LogP contribution in [-0.4, -0.2) is 29.1 Å². The molecule has 2 heterocycles. The summed E-state index contributed by atoms with van der Waals surface area (Å²) in [5.41, 5.74) is 3.53. The van der Waals surface area contributed by atoms with Gasteiger partial charge in [-0.3, -0.25) is 4.98 Å². The fourth-order valence-electron chi connectivity index (χ4n) is 2.21. The van der Waals surface area contributed by atoms with Crippen molar-refractivity contribution >= 4 is 6.09 Å². The van der Waals surface area contributed by atoms with Gasteiger partial charge in [-0.15, -0.1) is 0 Å². The molecule has 1 aliphatic heterocycles. The zero-order valence-corrected chi connectivity index (χ0v) is 12.2. The largest absolute Gasteiger partial charge is 0.450 e. The van der Waals surface area contributed by atoms with Crippen molar-refractivity contribution in [2.75, 3.05) is 13.2 Å². The van der Waals surface area contributed by atoms with Gasteiger partial charge in [0.25, 0.3) is 0 Å². The standard InChI is InChI=1S/C15H22N2O2/c1-5-19-14(18)17-7-6-13-11(10-17)8-12(9-16-13)15(2,3)4/h8-9H,5-7,10H2,1-4H3. The van der Waals surface area contributed by atoms with Crippen molar-refractivity contribution in [2.45, 2.75) is 46.1 Å². The van der Waals surface area contributed by atoms with Crippen LogP contribution in [0.3, 0.4) is 0 Å². The predicted octanol–water partition coefficient (Wildman–Crippen LogP) is 2.89. The minimum Gasteiger partial charge on any atom is -0.450 e. The molecule has 104 valence electrons. The third-order valence-corrected chi connectivity index (χ3v) is 3.43. The number of hydrogen-bond donors (Lipinski definition) is 0. The maximum Gasteiger partial charge on any atom is 0.410 e. The molecule has 0 atom stereocenters. The highest BCUT2D eigenvalue weighted by molar-refractivity contribution is 5.68. The molecule has 0 aliphatic carbocycles. The average Bonchev–Trinajstić information content (AvgIpc) is 2.36. The summed E-state index contributed by atoms with van der Waals surface area (Å²) in [6.45, 7) is 10.0. The molecular weight excluding hydrogens is 240 g/mol. The topological polar surface area (TPSA) is 42.4 Å². The number of pyridine rings is 1. The summed E-state index contributed by atoms with van der Waals surface area (Å²) >= 11 is 0. The van der Waals surface area contributed by atoms with E-state index < -0.39 is 0 Å². The van der Waals surface area contributed by atoms with Crippen molar-refractivity contribution in [3.63, 3.8) is 0 Å². The molecule has 0 spiro atoms. The van der Waals surface area contributed by atoms with Crippen LogP contribution in [-0.2, 0) is 23.1 Å². The number of carbonyl (C=O) groups is 1. The van der Waals surface area contributed by atoms with E-state index in [0.717, 1.165) is 17.7 Å². The minimum absolute atomic E-state index is 0.0776. The number of fused-ring (bicyclic) bond motifs is 1. The molecule has 1 aromatic rings. The van der Waals surface area contributed by atoms with Gasteiger partial charge in [0, 0.05) is 24.9 Å². The van der Waals surface area contributed by atoms with Crippen LogP contribution in [0.4, 0.5) is 4.79 Å². The van der Waals surface area contributed by atoms with E-state index in [1.807, 2.05) is 13.1 Å². The van der Waals surface area contributed by atoms with E-state index in [2.05, 4.69) is 31.8 Å². The molecule has 0 aromatic carbocycles. The molecular formula is C15H22N2O2. The normalized spacial score (nSPS) is 15.1. The molecule has 1 aliphatic rings. The quantitative estimate of drug-likeness (QED) is 0.781. The van der Waals surface area contributed by atoms with Crippen LogP contribution in [0.15, 0.2) is 12.3 Å². The van der Waals surface area contributed by atoms with E-state index in [0.29, 0.717) is 19.7 Å². The summed E-state index contributed by atoms with van der Waals surface area (Å²) in [5.74, 6) is 0. The first kappa shape index (κ1) is 13.8. The Morgan fingerprint density at radius 3 is 2.84 bits per heavy atom. The van der Waals surface area contributed by atoms with E-state index in [1.165, 1.54) is 5.56 Å². The van der Waals surface area contributed by atoms with Gasteiger partial charge in [-0.25, -0.2) is 4.79 Å². The monoisotopic (exact) mass is 262 g/mol. The Bertz CT molecular complexity index is 478. The van der Waals surface area contributed by atoms with Crippen molar-refractivity contribution < 1.29 is 9.53 Å². The molecule has 1 aromatic heterocycles. The maximum atomic E-state index is 11.8. The van der Waals surface area contributed by atoms with Gasteiger partial charge in [0.15, 0.2) is 0 Å². The SMILES string of the molecule is CCOC(=O)N1CCc2ncc(C(C)(C)C)cc2C1. The van der Waals surface area contributed by atoms with Crippen LogP contribution in [0.2, 0.25) is 0 Å². The molecule has 0 N–H and O–H groups in total. The van der Waals surface area contributed by atoms with Crippen molar-refractivity contribution in [2.24, 2.45) is 0 Å². The van der Waals surface area contributed by atoms with Crippen LogP contribution in [0, 0.1) is 0 Å². The number of carbonyl (C=O) groups excluding carboxylic acids is 1. The number of amides is 1. The van der Waals surface area contributed by atoms with Crippen molar-refractivity contribution in [3.05, 3.63) is 29.1 Å². The number of hydrogen-bond acceptors (Lipinski definition) is 3. The summed E-state index contributed by atoms with van der Waals surface area (Å²) in [6.07, 6.45) is 2.53. The molecule has 0 saturated heterocycles. The van der Waals surface area contributed by atoms with Crippen molar-refractivity contribution in [3.8, 4) is 0 Å². The first-order valence-electron chi connectivity index (χ1n) is 6.82. The van der Waals surface area contributed by atoms with Crippen LogP contribution >= 0.6 is 0 Å². The van der Waals surface area contributed by atoms with Gasteiger partial charge in [-0.2, -0.15) is 0 Å². The molecule has 0 radical (unpaired) electrons. The molecule has 1 amide bonds. The lowest BCUT2D eigenvalue weighted by Crippen LogP contribution is -2.37. The van der Waals surface area contributed by atoms with Crippen molar-refractivity contribution in [1.29, 1.82) is 0 Å². The third-order valence-electron chi connectivity index (χ3n) is 3.43. The van der Waals surface area contributed by atoms with Gasteiger partial charge in [-0.05, 0) is 23.5 Å². The Hall–Kier alpha value is -1.58. The summed E-state index contributed by atoms with van der Waals surface area (Å²) < 4.78 is 5.06. The van der Waals surface area contributed by atoms with Crippen LogP contribution < -0.4 is 0 Å². The number of aromatic nitrogens is 1. The van der Waals surface area contributed by atoms with E-state index in [1.54, 1.807) is 4.90 Å². The molecule has 0 bridgehead atoms. The molecule has 0 unspecified atom stereocenters. The van der Waals surface area contributed by atoms with E-state index in [4.69, 9.17) is 4.74 Å². The van der Waals surface area contributed by atoms with Gasteiger partial charge >= 0.3 is 6.09 Å². The summed E-state index contributed by atoms with van der Waals surface area (Å²) in [6, 6.07) is 2.17. The van der Waals surface area contributed by atoms with Gasteiger partial charge in [0.05, 0.1) is 13.2 Å². The van der Waals surface area contributed by atoms with Crippen LogP contribution in [0.1, 0.15) is 44.5 Å². The first-order valence-corrected chi connectivity index (χ1v) is 6.82. The molecule has 19 heavy (non-hydrogen) atoms. The minimum atomic E-state index is -0.227. The lowest BCUT2D eigenvalue weighted by atomic mass is 9.86. The summed E-state index contributed by atoms with van der Waals surface area (Å²) in [7, 11) is 0. The smallest absolute Gasteiger partial charge is 0.410 e.